The first kappa shape index (κ1) is 16.5. The number of hydrogen-bond donors (Lipinski definition) is 2. The smallest absolute Gasteiger partial charge is 0.133 e. The molecule has 1 aromatic heterocycles. The van der Waals surface area contributed by atoms with Gasteiger partial charge in [-0.1, -0.05) is 31.3 Å². The molecule has 1 aliphatic carbocycles. The standard InChI is InChI=1S/C16H28N2O3/c1-3-13-6-4-5-7-16(13)20-11-15(19)10-17-9-14-8-12(2)21-18-14/h8,13,15-17,19H,3-7,9-11H2,1-2H3. The third-order valence-corrected chi connectivity index (χ3v) is 4.23. The van der Waals surface area contributed by atoms with Crippen LogP contribution in [-0.2, 0) is 11.3 Å². The molecule has 0 amide bonds. The fourth-order valence-corrected chi connectivity index (χ4v) is 3.02. The molecule has 0 saturated heterocycles. The molecule has 0 aliphatic heterocycles. The van der Waals surface area contributed by atoms with Crippen LogP contribution in [0.15, 0.2) is 10.6 Å². The average molecular weight is 296 g/mol. The van der Waals surface area contributed by atoms with Crippen LogP contribution in [0.3, 0.4) is 0 Å². The zero-order chi connectivity index (χ0) is 15.1. The Morgan fingerprint density at radius 2 is 2.29 bits per heavy atom. The van der Waals surface area contributed by atoms with Gasteiger partial charge in [-0.3, -0.25) is 0 Å². The summed E-state index contributed by atoms with van der Waals surface area (Å²) in [6.07, 6.45) is 6.00. The molecule has 0 radical (unpaired) electrons. The zero-order valence-corrected chi connectivity index (χ0v) is 13.2. The van der Waals surface area contributed by atoms with Gasteiger partial charge in [0, 0.05) is 19.2 Å². The molecule has 3 atom stereocenters. The maximum atomic E-state index is 9.99. The summed E-state index contributed by atoms with van der Waals surface area (Å²) in [6.45, 7) is 5.62. The number of nitrogens with one attached hydrogen (secondary N) is 1. The van der Waals surface area contributed by atoms with Crippen molar-refractivity contribution < 1.29 is 14.4 Å². The molecule has 3 unspecified atom stereocenters. The van der Waals surface area contributed by atoms with E-state index < -0.39 is 6.10 Å². The Kier molecular flexibility index (Phi) is 6.67. The molecule has 1 fully saturated rings. The van der Waals surface area contributed by atoms with Crippen molar-refractivity contribution in [2.24, 2.45) is 5.92 Å². The second kappa shape index (κ2) is 8.51. The van der Waals surface area contributed by atoms with Gasteiger partial charge in [0.15, 0.2) is 0 Å². The molecule has 1 aromatic rings. The lowest BCUT2D eigenvalue weighted by Gasteiger charge is -2.31. The summed E-state index contributed by atoms with van der Waals surface area (Å²) < 4.78 is 10.9. The number of nitrogens with zero attached hydrogens (tertiary/aromatic N) is 1. The molecule has 2 N–H and O–H groups in total. The molecule has 0 spiro atoms. The van der Waals surface area contributed by atoms with Gasteiger partial charge < -0.3 is 19.7 Å². The van der Waals surface area contributed by atoms with Crippen molar-refractivity contribution in [3.63, 3.8) is 0 Å². The number of aryl methyl sites for hydroxylation is 1. The van der Waals surface area contributed by atoms with Crippen LogP contribution in [0.5, 0.6) is 0 Å². The largest absolute Gasteiger partial charge is 0.389 e. The normalized spacial score (nSPS) is 24.1. The zero-order valence-electron chi connectivity index (χ0n) is 13.2. The van der Waals surface area contributed by atoms with E-state index in [0.717, 1.165) is 17.9 Å². The Balaban J connectivity index is 1.61. The summed E-state index contributed by atoms with van der Waals surface area (Å²) in [7, 11) is 0. The van der Waals surface area contributed by atoms with Crippen LogP contribution in [0, 0.1) is 12.8 Å². The molecule has 21 heavy (non-hydrogen) atoms. The first-order valence-corrected chi connectivity index (χ1v) is 8.11. The highest BCUT2D eigenvalue weighted by atomic mass is 16.5. The monoisotopic (exact) mass is 296 g/mol. The van der Waals surface area contributed by atoms with Crippen LogP contribution in [0.4, 0.5) is 0 Å². The summed E-state index contributed by atoms with van der Waals surface area (Å²) in [6, 6.07) is 1.89. The van der Waals surface area contributed by atoms with E-state index in [1.54, 1.807) is 0 Å². The molecule has 2 rings (SSSR count). The van der Waals surface area contributed by atoms with E-state index >= 15 is 0 Å². The van der Waals surface area contributed by atoms with Gasteiger partial charge in [0.2, 0.25) is 0 Å². The molecular formula is C16H28N2O3. The summed E-state index contributed by atoms with van der Waals surface area (Å²) >= 11 is 0. The van der Waals surface area contributed by atoms with E-state index in [4.69, 9.17) is 9.26 Å². The molecule has 1 aliphatic rings. The lowest BCUT2D eigenvalue weighted by Crippen LogP contribution is -2.34. The summed E-state index contributed by atoms with van der Waals surface area (Å²) in [5.74, 6) is 1.47. The number of aliphatic hydroxyl groups excluding tert-OH is 1. The van der Waals surface area contributed by atoms with E-state index in [-0.39, 0.29) is 0 Å². The van der Waals surface area contributed by atoms with Gasteiger partial charge in [-0.05, 0) is 25.7 Å². The van der Waals surface area contributed by atoms with Crippen molar-refractivity contribution in [1.82, 2.24) is 10.5 Å². The fourth-order valence-electron chi connectivity index (χ4n) is 3.02. The van der Waals surface area contributed by atoms with Crippen LogP contribution >= 0.6 is 0 Å². The summed E-state index contributed by atoms with van der Waals surface area (Å²) in [5, 5.41) is 17.1. The summed E-state index contributed by atoms with van der Waals surface area (Å²) in [4.78, 5) is 0. The van der Waals surface area contributed by atoms with Crippen molar-refractivity contribution in [3.05, 3.63) is 17.5 Å². The fraction of sp³-hybridized carbons (Fsp3) is 0.812. The minimum absolute atomic E-state index is 0.330. The van der Waals surface area contributed by atoms with Crippen LogP contribution in [-0.4, -0.2) is 35.6 Å². The van der Waals surface area contributed by atoms with Gasteiger partial charge in [0.1, 0.15) is 5.76 Å². The Morgan fingerprint density at radius 3 is 3.00 bits per heavy atom. The lowest BCUT2D eigenvalue weighted by molar-refractivity contribution is -0.0499. The van der Waals surface area contributed by atoms with Gasteiger partial charge in [0.25, 0.3) is 0 Å². The van der Waals surface area contributed by atoms with E-state index in [9.17, 15) is 5.11 Å². The molecule has 1 saturated carbocycles. The topological polar surface area (TPSA) is 67.5 Å². The minimum atomic E-state index is -0.475. The van der Waals surface area contributed by atoms with Crippen molar-refractivity contribution in [3.8, 4) is 0 Å². The molecule has 0 aromatic carbocycles. The number of ether oxygens (including phenoxy) is 1. The Labute approximate surface area is 127 Å². The third kappa shape index (κ3) is 5.41. The van der Waals surface area contributed by atoms with Crippen molar-refractivity contribution in [1.29, 1.82) is 0 Å². The SMILES string of the molecule is CCC1CCCCC1OCC(O)CNCc1cc(C)on1. The van der Waals surface area contributed by atoms with E-state index in [1.807, 2.05) is 13.0 Å². The van der Waals surface area contributed by atoms with Gasteiger partial charge in [-0.2, -0.15) is 0 Å². The first-order chi connectivity index (χ1) is 10.2. The first-order valence-electron chi connectivity index (χ1n) is 8.11. The quantitative estimate of drug-likeness (QED) is 0.771. The maximum Gasteiger partial charge on any atom is 0.133 e. The van der Waals surface area contributed by atoms with Crippen LogP contribution in [0.25, 0.3) is 0 Å². The van der Waals surface area contributed by atoms with E-state index in [0.29, 0.717) is 31.7 Å². The number of aliphatic hydroxyl groups is 1. The van der Waals surface area contributed by atoms with E-state index in [1.165, 1.54) is 25.7 Å². The van der Waals surface area contributed by atoms with Gasteiger partial charge >= 0.3 is 0 Å². The number of rotatable bonds is 8. The van der Waals surface area contributed by atoms with Crippen molar-refractivity contribution in [2.45, 2.75) is 64.7 Å². The van der Waals surface area contributed by atoms with Gasteiger partial charge in [0.05, 0.1) is 24.5 Å². The Bertz CT molecular complexity index is 408. The second-order valence-electron chi connectivity index (χ2n) is 6.04. The lowest BCUT2D eigenvalue weighted by atomic mass is 9.85. The number of hydrogen-bond acceptors (Lipinski definition) is 5. The number of aromatic nitrogens is 1. The molecule has 5 nitrogen and oxygen atoms in total. The molecule has 0 bridgehead atoms. The molecule has 120 valence electrons. The predicted molar refractivity (Wildman–Crippen MR) is 80.9 cm³/mol. The van der Waals surface area contributed by atoms with Crippen molar-refractivity contribution in [2.75, 3.05) is 13.2 Å². The minimum Gasteiger partial charge on any atom is -0.389 e. The van der Waals surface area contributed by atoms with Gasteiger partial charge in [-0.15, -0.1) is 0 Å². The van der Waals surface area contributed by atoms with Crippen molar-refractivity contribution >= 4 is 0 Å². The maximum absolute atomic E-state index is 9.99. The highest BCUT2D eigenvalue weighted by Crippen LogP contribution is 2.29. The highest BCUT2D eigenvalue weighted by molar-refractivity contribution is 5.02. The average Bonchev–Trinajstić information content (AvgIpc) is 2.91. The third-order valence-electron chi connectivity index (χ3n) is 4.23. The summed E-state index contributed by atoms with van der Waals surface area (Å²) in [5.41, 5.74) is 0.860. The molecular weight excluding hydrogens is 268 g/mol. The molecule has 5 heteroatoms. The Hall–Kier alpha value is -0.910. The highest BCUT2D eigenvalue weighted by Gasteiger charge is 2.24. The van der Waals surface area contributed by atoms with Gasteiger partial charge in [-0.25, -0.2) is 0 Å². The Morgan fingerprint density at radius 1 is 1.48 bits per heavy atom. The predicted octanol–water partition coefficient (Wildman–Crippen LogP) is 2.42. The van der Waals surface area contributed by atoms with Crippen LogP contribution in [0.1, 0.15) is 50.5 Å². The van der Waals surface area contributed by atoms with E-state index in [2.05, 4.69) is 17.4 Å². The second-order valence-corrected chi connectivity index (χ2v) is 6.04. The molecule has 1 heterocycles. The van der Waals surface area contributed by atoms with Crippen LogP contribution < -0.4 is 5.32 Å². The van der Waals surface area contributed by atoms with Crippen LogP contribution in [0.2, 0.25) is 0 Å².